The number of hydrogen-bond donors (Lipinski definition) is 2. The highest BCUT2D eigenvalue weighted by molar-refractivity contribution is 5.96. The minimum Gasteiger partial charge on any atom is -0.466 e. The van der Waals surface area contributed by atoms with Crippen molar-refractivity contribution in [2.75, 3.05) is 7.11 Å². The third-order valence-electron chi connectivity index (χ3n) is 2.30. The van der Waals surface area contributed by atoms with Gasteiger partial charge in [-0.3, -0.25) is 4.79 Å². The lowest BCUT2D eigenvalue weighted by molar-refractivity contribution is -0.142. The average molecular weight is 199 g/mol. The number of nitrogens with one attached hydrogen (secondary N) is 1. The van der Waals surface area contributed by atoms with E-state index in [9.17, 15) is 14.7 Å². The number of carbonyl (C=O) groups is 2. The molecule has 1 heterocycles. The number of rotatable bonds is 3. The fraction of sp³-hybridized carbons (Fsp3) is 0.556. The summed E-state index contributed by atoms with van der Waals surface area (Å²) in [5, 5.41) is 11.8. The van der Waals surface area contributed by atoms with Gasteiger partial charge in [0, 0.05) is 0 Å². The summed E-state index contributed by atoms with van der Waals surface area (Å²) >= 11 is 0. The second-order valence-corrected chi connectivity index (χ2v) is 3.27. The Hall–Kier alpha value is -1.36. The lowest BCUT2D eigenvalue weighted by Gasteiger charge is -2.38. The van der Waals surface area contributed by atoms with E-state index in [1.54, 1.807) is 0 Å². The molecule has 0 aromatic carbocycles. The van der Waals surface area contributed by atoms with E-state index in [1.165, 1.54) is 14.0 Å². The fourth-order valence-electron chi connectivity index (χ4n) is 1.45. The van der Waals surface area contributed by atoms with Gasteiger partial charge in [0.15, 0.2) is 0 Å². The Morgan fingerprint density at radius 3 is 2.64 bits per heavy atom. The van der Waals surface area contributed by atoms with Crippen LogP contribution >= 0.6 is 0 Å². The molecule has 0 radical (unpaired) electrons. The minimum absolute atomic E-state index is 0.165. The van der Waals surface area contributed by atoms with Crippen LogP contribution in [0.5, 0.6) is 0 Å². The first-order valence-electron chi connectivity index (χ1n) is 4.24. The maximum Gasteiger partial charge on any atom is 0.335 e. The zero-order chi connectivity index (χ0) is 10.9. The van der Waals surface area contributed by atoms with Gasteiger partial charge in [-0.15, -0.1) is 0 Å². The van der Waals surface area contributed by atoms with Gasteiger partial charge in [0.1, 0.15) is 0 Å². The first-order valence-corrected chi connectivity index (χ1v) is 4.24. The molecule has 14 heavy (non-hydrogen) atoms. The van der Waals surface area contributed by atoms with Crippen molar-refractivity contribution in [1.29, 1.82) is 0 Å². The molecule has 0 saturated carbocycles. The standard InChI is InChI=1S/C9H13NO4/c1-4(9(13)14-3)7-6(5(2)11)8(12)10-7/h5-7,11H,1H2,2-3H3,(H,10,12). The third-order valence-corrected chi connectivity index (χ3v) is 2.30. The van der Waals surface area contributed by atoms with Gasteiger partial charge in [-0.2, -0.15) is 0 Å². The van der Waals surface area contributed by atoms with Crippen molar-refractivity contribution in [2.24, 2.45) is 5.92 Å². The van der Waals surface area contributed by atoms with Gasteiger partial charge in [0.05, 0.1) is 30.7 Å². The van der Waals surface area contributed by atoms with Gasteiger partial charge in [-0.1, -0.05) is 6.58 Å². The van der Waals surface area contributed by atoms with Crippen LogP contribution in [0.1, 0.15) is 6.92 Å². The monoisotopic (exact) mass is 199 g/mol. The van der Waals surface area contributed by atoms with E-state index >= 15 is 0 Å². The second-order valence-electron chi connectivity index (χ2n) is 3.27. The maximum atomic E-state index is 11.1. The largest absolute Gasteiger partial charge is 0.466 e. The van der Waals surface area contributed by atoms with E-state index in [1.807, 2.05) is 0 Å². The number of esters is 1. The molecule has 3 unspecified atom stereocenters. The molecule has 0 aliphatic carbocycles. The van der Waals surface area contributed by atoms with Crippen molar-refractivity contribution in [1.82, 2.24) is 5.32 Å². The molecule has 2 N–H and O–H groups in total. The molecule has 1 aliphatic heterocycles. The van der Waals surface area contributed by atoms with Crippen molar-refractivity contribution in [2.45, 2.75) is 19.1 Å². The van der Waals surface area contributed by atoms with Crippen LogP contribution in [0.2, 0.25) is 0 Å². The van der Waals surface area contributed by atoms with Crippen LogP contribution in [-0.4, -0.2) is 36.2 Å². The van der Waals surface area contributed by atoms with Gasteiger partial charge in [0.25, 0.3) is 0 Å². The molecule has 1 aliphatic rings. The highest BCUT2D eigenvalue weighted by Crippen LogP contribution is 2.24. The molecule has 0 spiro atoms. The van der Waals surface area contributed by atoms with E-state index < -0.39 is 24.0 Å². The summed E-state index contributed by atoms with van der Waals surface area (Å²) in [4.78, 5) is 22.1. The van der Waals surface area contributed by atoms with Gasteiger partial charge >= 0.3 is 5.97 Å². The molecule has 0 aromatic rings. The van der Waals surface area contributed by atoms with Gasteiger partial charge in [-0.05, 0) is 6.92 Å². The zero-order valence-electron chi connectivity index (χ0n) is 8.11. The van der Waals surface area contributed by atoms with Crippen molar-refractivity contribution < 1.29 is 19.4 Å². The van der Waals surface area contributed by atoms with Crippen molar-refractivity contribution in [3.63, 3.8) is 0 Å². The lowest BCUT2D eigenvalue weighted by atomic mass is 9.82. The topological polar surface area (TPSA) is 75.6 Å². The van der Waals surface area contributed by atoms with E-state index in [4.69, 9.17) is 0 Å². The lowest BCUT2D eigenvalue weighted by Crippen LogP contribution is -2.63. The Bertz CT molecular complexity index is 285. The Morgan fingerprint density at radius 2 is 2.29 bits per heavy atom. The third kappa shape index (κ3) is 1.63. The molecule has 0 aromatic heterocycles. The molecule has 78 valence electrons. The number of aliphatic hydroxyl groups excluding tert-OH is 1. The number of aliphatic hydroxyl groups is 1. The van der Waals surface area contributed by atoms with Crippen molar-refractivity contribution >= 4 is 11.9 Å². The predicted molar refractivity (Wildman–Crippen MR) is 48.3 cm³/mol. The minimum atomic E-state index is -0.796. The van der Waals surface area contributed by atoms with Crippen molar-refractivity contribution in [3.8, 4) is 0 Å². The molecule has 1 fully saturated rings. The smallest absolute Gasteiger partial charge is 0.335 e. The van der Waals surface area contributed by atoms with Crippen LogP contribution in [0.3, 0.4) is 0 Å². The number of carbonyl (C=O) groups excluding carboxylic acids is 2. The summed E-state index contributed by atoms with van der Waals surface area (Å²) in [5.41, 5.74) is 0.165. The van der Waals surface area contributed by atoms with Crippen LogP contribution in [0, 0.1) is 5.92 Å². The van der Waals surface area contributed by atoms with Crippen LogP contribution < -0.4 is 5.32 Å². The number of amides is 1. The molecular formula is C9H13NO4. The van der Waals surface area contributed by atoms with Crippen LogP contribution in [0.4, 0.5) is 0 Å². The predicted octanol–water partition coefficient (Wildman–Crippen LogP) is -0.789. The highest BCUT2D eigenvalue weighted by Gasteiger charge is 2.45. The highest BCUT2D eigenvalue weighted by atomic mass is 16.5. The quantitative estimate of drug-likeness (QED) is 0.355. The number of β-lactam (4-membered cyclic amide) rings is 1. The first kappa shape index (κ1) is 10.7. The second kappa shape index (κ2) is 3.79. The number of hydrogen-bond acceptors (Lipinski definition) is 4. The van der Waals surface area contributed by atoms with E-state index in [0.29, 0.717) is 0 Å². The summed E-state index contributed by atoms with van der Waals surface area (Å²) in [6, 6.07) is -0.505. The van der Waals surface area contributed by atoms with Crippen molar-refractivity contribution in [3.05, 3.63) is 12.2 Å². The molecule has 3 atom stereocenters. The molecular weight excluding hydrogens is 186 g/mol. The van der Waals surface area contributed by atoms with Gasteiger partial charge < -0.3 is 15.2 Å². The molecule has 5 nitrogen and oxygen atoms in total. The molecule has 0 bridgehead atoms. The van der Waals surface area contributed by atoms with E-state index in [0.717, 1.165) is 0 Å². The average Bonchev–Trinajstić information content (AvgIpc) is 2.10. The normalized spacial score (nSPS) is 27.2. The zero-order valence-corrected chi connectivity index (χ0v) is 8.11. The van der Waals surface area contributed by atoms with Crippen LogP contribution in [0.15, 0.2) is 12.2 Å². The molecule has 5 heteroatoms. The summed E-state index contributed by atoms with van der Waals surface area (Å²) in [7, 11) is 1.24. The van der Waals surface area contributed by atoms with E-state index in [-0.39, 0.29) is 11.5 Å². The maximum absolute atomic E-state index is 11.1. The Balaban J connectivity index is 2.68. The van der Waals surface area contributed by atoms with E-state index in [2.05, 4.69) is 16.6 Å². The van der Waals surface area contributed by atoms with Crippen LogP contribution in [0.25, 0.3) is 0 Å². The number of ether oxygens (including phenoxy) is 1. The van der Waals surface area contributed by atoms with Crippen LogP contribution in [-0.2, 0) is 14.3 Å². The summed E-state index contributed by atoms with van der Waals surface area (Å²) in [6.45, 7) is 5.02. The molecule has 1 amide bonds. The Morgan fingerprint density at radius 1 is 1.71 bits per heavy atom. The SMILES string of the molecule is C=C(C(=O)OC)C1NC(=O)C1C(C)O. The Kier molecular flexibility index (Phi) is 2.90. The first-order chi connectivity index (χ1) is 6.49. The summed E-state index contributed by atoms with van der Waals surface area (Å²) in [5.74, 6) is -1.43. The van der Waals surface area contributed by atoms with Gasteiger partial charge in [0.2, 0.25) is 5.91 Å². The number of methoxy groups -OCH3 is 1. The molecule has 1 saturated heterocycles. The molecule has 1 rings (SSSR count). The van der Waals surface area contributed by atoms with Gasteiger partial charge in [-0.25, -0.2) is 4.79 Å². The summed E-state index contributed by atoms with van der Waals surface area (Å²) < 4.78 is 4.46. The summed E-state index contributed by atoms with van der Waals surface area (Å²) in [6.07, 6.45) is -0.796. The Labute approximate surface area is 81.7 Å². The fourth-order valence-corrected chi connectivity index (χ4v) is 1.45.